The highest BCUT2D eigenvalue weighted by atomic mass is 16.3. The van der Waals surface area contributed by atoms with Crippen LogP contribution in [0.5, 0.6) is 0 Å². The fourth-order valence-corrected chi connectivity index (χ4v) is 1.73. The van der Waals surface area contributed by atoms with Crippen LogP contribution in [0.1, 0.15) is 18.2 Å². The molecule has 1 atom stereocenters. The summed E-state index contributed by atoms with van der Waals surface area (Å²) < 4.78 is 5.71. The molecule has 0 spiro atoms. The summed E-state index contributed by atoms with van der Waals surface area (Å²) in [5, 5.41) is 1.11. The van der Waals surface area contributed by atoms with E-state index >= 15 is 0 Å². The van der Waals surface area contributed by atoms with Crippen LogP contribution in [0.15, 0.2) is 28.7 Å². The van der Waals surface area contributed by atoms with Gasteiger partial charge in [-0.3, -0.25) is 0 Å². The molecule has 2 nitrogen and oxygen atoms in total. The maximum absolute atomic E-state index is 10.5. The summed E-state index contributed by atoms with van der Waals surface area (Å²) >= 11 is 0. The highest BCUT2D eigenvalue weighted by Crippen LogP contribution is 2.23. The van der Waals surface area contributed by atoms with Crippen molar-refractivity contribution in [2.24, 2.45) is 5.92 Å². The third-order valence-electron chi connectivity index (χ3n) is 2.55. The van der Waals surface area contributed by atoms with E-state index in [-0.39, 0.29) is 5.92 Å². The number of carbonyl (C=O) groups excluding carboxylic acids is 1. The molecule has 0 amide bonds. The zero-order chi connectivity index (χ0) is 10.8. The first-order valence-corrected chi connectivity index (χ1v) is 5.14. The SMILES string of the molecule is Cc1cccc2cc(CC(C)C=O)oc12. The number of rotatable bonds is 3. The average molecular weight is 202 g/mol. The third kappa shape index (κ3) is 1.94. The summed E-state index contributed by atoms with van der Waals surface area (Å²) in [6.45, 7) is 3.92. The maximum Gasteiger partial charge on any atom is 0.137 e. The zero-order valence-electron chi connectivity index (χ0n) is 8.99. The van der Waals surface area contributed by atoms with Crippen molar-refractivity contribution in [3.8, 4) is 0 Å². The number of para-hydroxylation sites is 1. The molecule has 0 saturated carbocycles. The van der Waals surface area contributed by atoms with Gasteiger partial charge in [0.2, 0.25) is 0 Å². The van der Waals surface area contributed by atoms with Crippen molar-refractivity contribution in [3.63, 3.8) is 0 Å². The Kier molecular flexibility index (Phi) is 2.58. The number of carbonyl (C=O) groups is 1. The van der Waals surface area contributed by atoms with E-state index in [2.05, 4.69) is 0 Å². The Morgan fingerprint density at radius 3 is 2.93 bits per heavy atom. The predicted molar refractivity (Wildman–Crippen MR) is 59.9 cm³/mol. The standard InChI is InChI=1S/C13H14O2/c1-9(8-14)6-12-7-11-5-3-4-10(2)13(11)15-12/h3-5,7-9H,6H2,1-2H3. The fourth-order valence-electron chi connectivity index (χ4n) is 1.73. The van der Waals surface area contributed by atoms with Crippen molar-refractivity contribution in [1.82, 2.24) is 0 Å². The van der Waals surface area contributed by atoms with Gasteiger partial charge in [0, 0.05) is 17.7 Å². The van der Waals surface area contributed by atoms with Gasteiger partial charge < -0.3 is 9.21 Å². The minimum atomic E-state index is 0.0193. The van der Waals surface area contributed by atoms with Crippen LogP contribution < -0.4 is 0 Å². The number of fused-ring (bicyclic) bond motifs is 1. The monoisotopic (exact) mass is 202 g/mol. The number of hydrogen-bond acceptors (Lipinski definition) is 2. The van der Waals surface area contributed by atoms with E-state index in [9.17, 15) is 4.79 Å². The van der Waals surface area contributed by atoms with Crippen molar-refractivity contribution >= 4 is 17.3 Å². The molecule has 1 unspecified atom stereocenters. The van der Waals surface area contributed by atoms with Crippen LogP contribution in [0.3, 0.4) is 0 Å². The molecule has 2 heteroatoms. The van der Waals surface area contributed by atoms with Crippen LogP contribution in [-0.4, -0.2) is 6.29 Å². The summed E-state index contributed by atoms with van der Waals surface area (Å²) in [6.07, 6.45) is 1.64. The first-order valence-electron chi connectivity index (χ1n) is 5.14. The molecule has 1 heterocycles. The van der Waals surface area contributed by atoms with Crippen LogP contribution in [0.25, 0.3) is 11.0 Å². The highest BCUT2D eigenvalue weighted by Gasteiger charge is 2.08. The molecule has 2 rings (SSSR count). The van der Waals surface area contributed by atoms with Gasteiger partial charge >= 0.3 is 0 Å². The molecule has 2 aromatic rings. The second-order valence-corrected chi connectivity index (χ2v) is 4.02. The van der Waals surface area contributed by atoms with Crippen LogP contribution >= 0.6 is 0 Å². The average Bonchev–Trinajstić information content (AvgIpc) is 2.62. The van der Waals surface area contributed by atoms with E-state index in [0.717, 1.165) is 28.6 Å². The van der Waals surface area contributed by atoms with Crippen molar-refractivity contribution < 1.29 is 9.21 Å². The topological polar surface area (TPSA) is 30.2 Å². The van der Waals surface area contributed by atoms with E-state index in [1.807, 2.05) is 38.1 Å². The van der Waals surface area contributed by atoms with Crippen molar-refractivity contribution in [3.05, 3.63) is 35.6 Å². The Hall–Kier alpha value is -1.57. The van der Waals surface area contributed by atoms with Crippen LogP contribution in [0.4, 0.5) is 0 Å². The number of hydrogen-bond donors (Lipinski definition) is 0. The Morgan fingerprint density at radius 2 is 2.27 bits per heavy atom. The Morgan fingerprint density at radius 1 is 1.47 bits per heavy atom. The molecule has 0 aliphatic rings. The second-order valence-electron chi connectivity index (χ2n) is 4.02. The van der Waals surface area contributed by atoms with Crippen LogP contribution in [0.2, 0.25) is 0 Å². The zero-order valence-corrected chi connectivity index (χ0v) is 8.99. The quantitative estimate of drug-likeness (QED) is 0.716. The summed E-state index contributed by atoms with van der Waals surface area (Å²) in [7, 11) is 0. The van der Waals surface area contributed by atoms with Gasteiger partial charge in [-0.05, 0) is 18.6 Å². The summed E-state index contributed by atoms with van der Waals surface area (Å²) in [5.41, 5.74) is 2.07. The lowest BCUT2D eigenvalue weighted by Gasteiger charge is -1.98. The molecule has 0 radical (unpaired) electrons. The van der Waals surface area contributed by atoms with Crippen molar-refractivity contribution in [1.29, 1.82) is 0 Å². The van der Waals surface area contributed by atoms with E-state index in [1.165, 1.54) is 0 Å². The molecule has 0 bridgehead atoms. The Labute approximate surface area is 88.9 Å². The number of furan rings is 1. The molecule has 0 saturated heterocycles. The van der Waals surface area contributed by atoms with Gasteiger partial charge in [-0.1, -0.05) is 25.1 Å². The van der Waals surface area contributed by atoms with Gasteiger partial charge in [0.25, 0.3) is 0 Å². The summed E-state index contributed by atoms with van der Waals surface area (Å²) in [6, 6.07) is 8.09. The molecule has 0 N–H and O–H groups in total. The first-order chi connectivity index (χ1) is 7.20. The molecule has 15 heavy (non-hydrogen) atoms. The largest absolute Gasteiger partial charge is 0.461 e. The summed E-state index contributed by atoms with van der Waals surface area (Å²) in [5.74, 6) is 0.907. The molecular formula is C13H14O2. The van der Waals surface area contributed by atoms with Gasteiger partial charge in [-0.2, -0.15) is 0 Å². The lowest BCUT2D eigenvalue weighted by Crippen LogP contribution is -1.98. The van der Waals surface area contributed by atoms with Gasteiger partial charge in [-0.15, -0.1) is 0 Å². The molecule has 1 aromatic carbocycles. The third-order valence-corrected chi connectivity index (χ3v) is 2.55. The molecule has 0 aliphatic carbocycles. The van der Waals surface area contributed by atoms with Gasteiger partial charge in [0.15, 0.2) is 0 Å². The Balaban J connectivity index is 2.39. The lowest BCUT2D eigenvalue weighted by atomic mass is 10.1. The smallest absolute Gasteiger partial charge is 0.137 e. The number of aldehydes is 1. The van der Waals surface area contributed by atoms with Gasteiger partial charge in [0.05, 0.1) is 0 Å². The Bertz CT molecular complexity index is 482. The number of benzene rings is 1. The van der Waals surface area contributed by atoms with Gasteiger partial charge in [-0.25, -0.2) is 0 Å². The van der Waals surface area contributed by atoms with Crippen molar-refractivity contribution in [2.75, 3.05) is 0 Å². The maximum atomic E-state index is 10.5. The summed E-state index contributed by atoms with van der Waals surface area (Å²) in [4.78, 5) is 10.5. The van der Waals surface area contributed by atoms with Gasteiger partial charge in [0.1, 0.15) is 17.6 Å². The van der Waals surface area contributed by atoms with E-state index in [0.29, 0.717) is 6.42 Å². The lowest BCUT2D eigenvalue weighted by molar-refractivity contribution is -0.110. The molecule has 1 aromatic heterocycles. The number of aryl methyl sites for hydroxylation is 1. The molecular weight excluding hydrogens is 188 g/mol. The van der Waals surface area contributed by atoms with E-state index in [4.69, 9.17) is 4.42 Å². The van der Waals surface area contributed by atoms with Crippen molar-refractivity contribution in [2.45, 2.75) is 20.3 Å². The van der Waals surface area contributed by atoms with E-state index in [1.54, 1.807) is 0 Å². The van der Waals surface area contributed by atoms with Crippen LogP contribution in [0, 0.1) is 12.8 Å². The minimum Gasteiger partial charge on any atom is -0.461 e. The fraction of sp³-hybridized carbons (Fsp3) is 0.308. The molecule has 0 aliphatic heterocycles. The first kappa shape index (κ1) is 9.97. The molecule has 0 fully saturated rings. The minimum absolute atomic E-state index is 0.0193. The second kappa shape index (κ2) is 3.89. The predicted octanol–water partition coefficient (Wildman–Crippen LogP) is 3.12. The normalized spacial score (nSPS) is 12.9. The van der Waals surface area contributed by atoms with Crippen LogP contribution in [-0.2, 0) is 11.2 Å². The van der Waals surface area contributed by atoms with E-state index < -0.39 is 0 Å². The molecule has 78 valence electrons. The highest BCUT2D eigenvalue weighted by molar-refractivity contribution is 5.80.